The molecule has 0 atom stereocenters. The molecule has 0 aromatic heterocycles. The third-order valence-electron chi connectivity index (χ3n) is 5.90. The number of carbonyl (C=O) groups is 1. The summed E-state index contributed by atoms with van der Waals surface area (Å²) < 4.78 is 23.4. The molecule has 4 aliphatic carbocycles. The lowest BCUT2D eigenvalue weighted by Gasteiger charge is -2.57. The molecule has 0 radical (unpaired) electrons. The van der Waals surface area contributed by atoms with Gasteiger partial charge in [0.2, 0.25) is 0 Å². The normalized spacial score (nSPS) is 36.9. The first-order valence-corrected chi connectivity index (χ1v) is 10.2. The van der Waals surface area contributed by atoms with Crippen LogP contribution in [-0.4, -0.2) is 56.0 Å². The van der Waals surface area contributed by atoms with Crippen molar-refractivity contribution < 1.29 is 18.3 Å². The molecule has 4 fully saturated rings. The quantitative estimate of drug-likeness (QED) is 0.768. The molecule has 0 heterocycles. The molecule has 0 aromatic carbocycles. The van der Waals surface area contributed by atoms with Crippen LogP contribution >= 0.6 is 0 Å². The van der Waals surface area contributed by atoms with Crippen LogP contribution in [0, 0.1) is 23.2 Å². The van der Waals surface area contributed by atoms with Crippen LogP contribution in [0.5, 0.6) is 0 Å². The minimum absolute atomic E-state index is 0.0534. The minimum Gasteiger partial charge on any atom is -0.480 e. The molecule has 0 amide bonds. The van der Waals surface area contributed by atoms with Gasteiger partial charge in [0.25, 0.3) is 0 Å². The summed E-state index contributed by atoms with van der Waals surface area (Å²) >= 11 is 0. The number of aliphatic carboxylic acids is 1. The van der Waals surface area contributed by atoms with Gasteiger partial charge in [-0.15, -0.1) is 0 Å². The summed E-state index contributed by atoms with van der Waals surface area (Å²) in [5, 5.41) is 8.63. The summed E-state index contributed by atoms with van der Waals surface area (Å²) in [6.07, 6.45) is 8.17. The van der Waals surface area contributed by atoms with Gasteiger partial charge in [-0.05, 0) is 68.7 Å². The molecule has 5 nitrogen and oxygen atoms in total. The third kappa shape index (κ3) is 3.65. The second-order valence-electron chi connectivity index (χ2n) is 8.14. The Morgan fingerprint density at radius 3 is 2.09 bits per heavy atom. The first-order chi connectivity index (χ1) is 10.3. The highest BCUT2D eigenvalue weighted by atomic mass is 32.2. The Balaban J connectivity index is 1.54. The Bertz CT molecular complexity index is 507. The molecule has 0 spiro atoms. The largest absolute Gasteiger partial charge is 0.480 e. The first-order valence-electron chi connectivity index (χ1n) is 8.36. The zero-order valence-corrected chi connectivity index (χ0v) is 14.1. The summed E-state index contributed by atoms with van der Waals surface area (Å²) in [6.45, 7) is 1.41. The van der Waals surface area contributed by atoms with Crippen LogP contribution in [0.25, 0.3) is 0 Å². The smallest absolute Gasteiger partial charge is 0.318 e. The Labute approximate surface area is 133 Å². The summed E-state index contributed by atoms with van der Waals surface area (Å²) in [4.78, 5) is 12.7. The van der Waals surface area contributed by atoms with Gasteiger partial charge >= 0.3 is 5.97 Å². The van der Waals surface area contributed by atoms with E-state index in [4.69, 9.17) is 5.11 Å². The van der Waals surface area contributed by atoms with Crippen molar-refractivity contribution >= 4 is 15.8 Å². The van der Waals surface area contributed by atoms with Gasteiger partial charge in [0, 0.05) is 13.1 Å². The van der Waals surface area contributed by atoms with E-state index in [1.807, 2.05) is 7.05 Å². The maximum absolute atomic E-state index is 11.7. The molecule has 4 saturated carbocycles. The van der Waals surface area contributed by atoms with Crippen molar-refractivity contribution in [2.45, 2.75) is 38.5 Å². The van der Waals surface area contributed by atoms with Crippen LogP contribution in [0.2, 0.25) is 0 Å². The molecule has 4 rings (SSSR count). The van der Waals surface area contributed by atoms with Crippen molar-refractivity contribution in [3.63, 3.8) is 0 Å². The van der Waals surface area contributed by atoms with Crippen molar-refractivity contribution in [3.05, 3.63) is 0 Å². The molecule has 1 N–H and O–H groups in total. The molecule has 6 heteroatoms. The van der Waals surface area contributed by atoms with E-state index in [-0.39, 0.29) is 5.75 Å². The molecule has 0 aliphatic heterocycles. The van der Waals surface area contributed by atoms with Gasteiger partial charge in [-0.3, -0.25) is 4.79 Å². The van der Waals surface area contributed by atoms with Crippen LogP contribution in [0.4, 0.5) is 0 Å². The van der Waals surface area contributed by atoms with E-state index in [2.05, 4.69) is 4.90 Å². The maximum Gasteiger partial charge on any atom is 0.318 e. The molecular formula is C16H27NO4S. The average Bonchev–Trinajstić information content (AvgIpc) is 2.32. The van der Waals surface area contributed by atoms with Crippen LogP contribution in [0.15, 0.2) is 0 Å². The van der Waals surface area contributed by atoms with Gasteiger partial charge in [0.05, 0.1) is 5.75 Å². The monoisotopic (exact) mass is 329 g/mol. The van der Waals surface area contributed by atoms with Gasteiger partial charge in [-0.2, -0.15) is 0 Å². The predicted octanol–water partition coefficient (Wildman–Crippen LogP) is 1.63. The highest BCUT2D eigenvalue weighted by molar-refractivity contribution is 7.92. The fourth-order valence-electron chi connectivity index (χ4n) is 5.69. The van der Waals surface area contributed by atoms with E-state index in [1.54, 1.807) is 0 Å². The lowest BCUT2D eigenvalue weighted by atomic mass is 9.49. The minimum atomic E-state index is -3.48. The summed E-state index contributed by atoms with van der Waals surface area (Å²) in [5.74, 6) is 0.630. The van der Waals surface area contributed by atoms with Crippen molar-refractivity contribution in [3.8, 4) is 0 Å². The SMILES string of the molecule is CN(CCS(=O)(=O)CC(=O)O)CC12CC3CC(CC(C3)C1)C2. The van der Waals surface area contributed by atoms with Gasteiger partial charge in [-0.25, -0.2) is 8.42 Å². The number of hydrogen-bond acceptors (Lipinski definition) is 4. The van der Waals surface area contributed by atoms with Crippen molar-refractivity contribution in [2.75, 3.05) is 31.6 Å². The number of carboxylic acids is 1. The number of rotatable bonds is 7. The van der Waals surface area contributed by atoms with Gasteiger partial charge in [0.15, 0.2) is 9.84 Å². The summed E-state index contributed by atoms with van der Waals surface area (Å²) in [5.41, 5.74) is 0.403. The van der Waals surface area contributed by atoms with Crippen LogP contribution in [-0.2, 0) is 14.6 Å². The molecule has 0 aromatic rings. The molecule has 4 aliphatic rings. The second-order valence-corrected chi connectivity index (χ2v) is 10.3. The Morgan fingerprint density at radius 2 is 1.64 bits per heavy atom. The molecule has 0 saturated heterocycles. The van der Waals surface area contributed by atoms with E-state index < -0.39 is 21.6 Å². The first kappa shape index (κ1) is 16.2. The lowest BCUT2D eigenvalue weighted by Crippen LogP contribution is -2.51. The highest BCUT2D eigenvalue weighted by Gasteiger charge is 2.50. The van der Waals surface area contributed by atoms with E-state index in [0.29, 0.717) is 12.0 Å². The van der Waals surface area contributed by atoms with E-state index in [9.17, 15) is 13.2 Å². The summed E-state index contributed by atoms with van der Waals surface area (Å²) in [6, 6.07) is 0. The predicted molar refractivity (Wildman–Crippen MR) is 84.4 cm³/mol. The Hall–Kier alpha value is -0.620. The average molecular weight is 329 g/mol. The van der Waals surface area contributed by atoms with E-state index in [0.717, 1.165) is 24.3 Å². The number of hydrogen-bond donors (Lipinski definition) is 1. The number of carboxylic acid groups (broad SMARTS) is 1. The van der Waals surface area contributed by atoms with Crippen LogP contribution in [0.3, 0.4) is 0 Å². The molecular weight excluding hydrogens is 302 g/mol. The Kier molecular flexibility index (Phi) is 4.27. The number of sulfone groups is 1. The standard InChI is InChI=1S/C16H27NO4S/c1-17(2-3-22(20,21)10-15(18)19)11-16-7-12-4-13(8-16)6-14(5-12)9-16/h12-14H,2-11H2,1H3,(H,18,19). The fraction of sp³-hybridized carbons (Fsp3) is 0.938. The molecule has 4 bridgehead atoms. The van der Waals surface area contributed by atoms with E-state index >= 15 is 0 Å². The van der Waals surface area contributed by atoms with Crippen molar-refractivity contribution in [1.82, 2.24) is 4.90 Å². The lowest BCUT2D eigenvalue weighted by molar-refractivity contribution is -0.134. The van der Waals surface area contributed by atoms with Crippen LogP contribution in [0.1, 0.15) is 38.5 Å². The van der Waals surface area contributed by atoms with Crippen molar-refractivity contribution in [1.29, 1.82) is 0 Å². The number of nitrogens with zero attached hydrogens (tertiary/aromatic N) is 1. The highest BCUT2D eigenvalue weighted by Crippen LogP contribution is 2.60. The van der Waals surface area contributed by atoms with Gasteiger partial charge in [0.1, 0.15) is 5.75 Å². The topological polar surface area (TPSA) is 74.7 Å². The third-order valence-corrected chi connectivity index (χ3v) is 7.39. The zero-order valence-electron chi connectivity index (χ0n) is 13.3. The fourth-order valence-corrected chi connectivity index (χ4v) is 6.80. The van der Waals surface area contributed by atoms with Gasteiger partial charge < -0.3 is 10.0 Å². The van der Waals surface area contributed by atoms with Crippen molar-refractivity contribution in [2.24, 2.45) is 23.2 Å². The molecule has 0 unspecified atom stereocenters. The maximum atomic E-state index is 11.7. The van der Waals surface area contributed by atoms with E-state index in [1.165, 1.54) is 38.5 Å². The second kappa shape index (κ2) is 5.78. The van der Waals surface area contributed by atoms with Crippen LogP contribution < -0.4 is 0 Å². The molecule has 22 heavy (non-hydrogen) atoms. The van der Waals surface area contributed by atoms with Gasteiger partial charge in [-0.1, -0.05) is 0 Å². The zero-order chi connectivity index (χ0) is 16.0. The summed E-state index contributed by atoms with van der Waals surface area (Å²) in [7, 11) is -1.50. The molecule has 126 valence electrons. The Morgan fingerprint density at radius 1 is 1.14 bits per heavy atom.